The van der Waals surface area contributed by atoms with Crippen LogP contribution in [0.3, 0.4) is 0 Å². The van der Waals surface area contributed by atoms with E-state index in [0.717, 1.165) is 18.2 Å². The Kier molecular flexibility index (Phi) is 16.3. The van der Waals surface area contributed by atoms with Crippen LogP contribution in [0.25, 0.3) is 0 Å². The van der Waals surface area contributed by atoms with Crippen LogP contribution < -0.4 is 15.4 Å². The summed E-state index contributed by atoms with van der Waals surface area (Å²) in [6.07, 6.45) is -10.1. The van der Waals surface area contributed by atoms with Gasteiger partial charge in [-0.3, -0.25) is 14.4 Å². The predicted octanol–water partition coefficient (Wildman–Crippen LogP) is 8.38. The molecule has 290 valence electrons. The Labute approximate surface area is 309 Å². The first kappa shape index (κ1) is 44.7. The van der Waals surface area contributed by atoms with Gasteiger partial charge in [-0.2, -0.15) is 22.0 Å². The fourth-order valence-electron chi connectivity index (χ4n) is 5.26. The minimum absolute atomic E-state index is 0.0254. The Morgan fingerprint density at radius 3 is 2.02 bits per heavy atom. The second kappa shape index (κ2) is 19.0. The minimum atomic E-state index is -5.03. The van der Waals surface area contributed by atoms with Crippen molar-refractivity contribution in [3.63, 3.8) is 0 Å². The number of amides is 2. The molecular weight excluding hydrogens is 738 g/mol. The second-order valence-corrected chi connectivity index (χ2v) is 14.5. The molecule has 2 aromatic rings. The molecule has 4 atom stereocenters. The van der Waals surface area contributed by atoms with Crippen molar-refractivity contribution in [3.8, 4) is 5.75 Å². The maximum Gasteiger partial charge on any atom is 0.414 e. The molecule has 0 aliphatic rings. The van der Waals surface area contributed by atoms with Gasteiger partial charge in [-0.25, -0.2) is 4.79 Å². The maximum atomic E-state index is 15.4. The molecule has 0 saturated carbocycles. The number of ether oxygens (including phenoxy) is 2. The molecule has 0 fully saturated rings. The van der Waals surface area contributed by atoms with Crippen LogP contribution in [0, 0.1) is 17.8 Å². The number of ketones is 2. The van der Waals surface area contributed by atoms with Crippen LogP contribution >= 0.6 is 23.2 Å². The minimum Gasteiger partial charge on any atom is -0.497 e. The third-order valence-corrected chi connectivity index (χ3v) is 8.91. The number of halogens is 7. The summed E-state index contributed by atoms with van der Waals surface area (Å²) in [6, 6.07) is 6.95. The van der Waals surface area contributed by atoms with Crippen molar-refractivity contribution >= 4 is 46.8 Å². The molecule has 2 amide bonds. The fraction of sp³-hybridized carbons (Fsp3) is 0.556. The standard InChI is InChI=1S/C36H45Cl2F5N2O7/c1-20(2)25(31(48)36(41,42)43)19-28(46)30(21-10-13-24(51-6)14-11-21)45-32(49)22(9-7-8-16-44-33(50)52-34(3,4)5)17-29(47)35(39,40)23-12-15-26(37)27(38)18-23/h10-15,18,20,22,25,30-31,48H,7-9,16-17,19H2,1-6H3,(H,44,50)(H,45,49)/t22-,25+,30+,31+/m1/s1. The van der Waals surface area contributed by atoms with Crippen molar-refractivity contribution in [1.82, 2.24) is 10.6 Å². The molecule has 2 aromatic carbocycles. The SMILES string of the molecule is COc1ccc([C@H](NC(=O)[C@H](CCCCNC(=O)OC(C)(C)C)CC(=O)C(F)(F)c2ccc(Cl)c(Cl)c2)C(=O)C[C@@H](C(C)C)[C@H](O)C(F)(F)F)cc1. The molecule has 0 aromatic heterocycles. The number of aliphatic hydroxyl groups excluding tert-OH is 1. The lowest BCUT2D eigenvalue weighted by Gasteiger charge is -2.29. The molecule has 0 spiro atoms. The van der Waals surface area contributed by atoms with Crippen LogP contribution in [-0.2, 0) is 25.0 Å². The van der Waals surface area contributed by atoms with Gasteiger partial charge in [0.2, 0.25) is 11.7 Å². The van der Waals surface area contributed by atoms with Gasteiger partial charge in [-0.15, -0.1) is 0 Å². The lowest BCUT2D eigenvalue weighted by atomic mass is 9.83. The molecule has 0 heterocycles. The van der Waals surface area contributed by atoms with E-state index in [1.54, 1.807) is 20.8 Å². The number of aliphatic hydroxyl groups is 1. The first-order valence-electron chi connectivity index (χ1n) is 16.5. The van der Waals surface area contributed by atoms with Gasteiger partial charge >= 0.3 is 18.2 Å². The van der Waals surface area contributed by atoms with Crippen LogP contribution in [0.4, 0.5) is 26.7 Å². The predicted molar refractivity (Wildman–Crippen MR) is 185 cm³/mol. The molecule has 0 unspecified atom stereocenters. The Morgan fingerprint density at radius 2 is 1.50 bits per heavy atom. The Balaban J connectivity index is 2.42. The summed E-state index contributed by atoms with van der Waals surface area (Å²) in [5, 5.41) is 14.8. The van der Waals surface area contributed by atoms with Gasteiger partial charge in [-0.05, 0) is 69.4 Å². The average molecular weight is 784 g/mol. The van der Waals surface area contributed by atoms with Gasteiger partial charge in [0, 0.05) is 36.8 Å². The number of hydrogen-bond acceptors (Lipinski definition) is 7. The van der Waals surface area contributed by atoms with E-state index in [0.29, 0.717) is 5.75 Å². The summed E-state index contributed by atoms with van der Waals surface area (Å²) in [5.74, 6) is -11.1. The summed E-state index contributed by atoms with van der Waals surface area (Å²) >= 11 is 11.7. The van der Waals surface area contributed by atoms with E-state index in [1.165, 1.54) is 45.2 Å². The summed E-state index contributed by atoms with van der Waals surface area (Å²) in [7, 11) is 1.38. The van der Waals surface area contributed by atoms with Crippen LogP contribution in [0.2, 0.25) is 10.0 Å². The number of alkyl carbamates (subject to hydrolysis) is 1. The molecular formula is C36H45Cl2F5N2O7. The van der Waals surface area contributed by atoms with E-state index >= 15 is 8.78 Å². The first-order valence-corrected chi connectivity index (χ1v) is 17.3. The first-order chi connectivity index (χ1) is 24.0. The molecule has 2 rings (SSSR count). The molecule has 0 saturated heterocycles. The third-order valence-electron chi connectivity index (χ3n) is 8.17. The van der Waals surface area contributed by atoms with Crippen molar-refractivity contribution in [1.29, 1.82) is 0 Å². The normalized spacial score (nSPS) is 14.6. The largest absolute Gasteiger partial charge is 0.497 e. The number of unbranched alkanes of at least 4 members (excludes halogenated alkanes) is 1. The number of rotatable bonds is 18. The summed E-state index contributed by atoms with van der Waals surface area (Å²) in [5.41, 5.74) is -1.39. The number of nitrogens with one attached hydrogen (secondary N) is 2. The monoisotopic (exact) mass is 782 g/mol. The molecule has 16 heteroatoms. The second-order valence-electron chi connectivity index (χ2n) is 13.7. The van der Waals surface area contributed by atoms with Crippen molar-refractivity contribution in [2.75, 3.05) is 13.7 Å². The van der Waals surface area contributed by atoms with E-state index in [4.69, 9.17) is 32.7 Å². The van der Waals surface area contributed by atoms with Gasteiger partial charge in [-0.1, -0.05) is 61.7 Å². The number of Topliss-reactive ketones (excluding diaryl/α,β-unsaturated/α-hetero) is 2. The number of hydrogen-bond donors (Lipinski definition) is 3. The maximum absolute atomic E-state index is 15.4. The van der Waals surface area contributed by atoms with Gasteiger partial charge in [0.05, 0.1) is 17.2 Å². The molecule has 52 heavy (non-hydrogen) atoms. The zero-order valence-corrected chi connectivity index (χ0v) is 31.2. The molecule has 0 aliphatic carbocycles. The van der Waals surface area contributed by atoms with Gasteiger partial charge < -0.3 is 25.2 Å². The lowest BCUT2D eigenvalue weighted by Crippen LogP contribution is -2.43. The van der Waals surface area contributed by atoms with Gasteiger partial charge in [0.25, 0.3) is 0 Å². The van der Waals surface area contributed by atoms with Crippen LogP contribution in [0.5, 0.6) is 5.75 Å². The average Bonchev–Trinajstić information content (AvgIpc) is 3.04. The molecule has 0 bridgehead atoms. The Morgan fingerprint density at radius 1 is 0.885 bits per heavy atom. The Hall–Kier alpha value is -3.49. The van der Waals surface area contributed by atoms with Crippen LogP contribution in [-0.4, -0.2) is 60.2 Å². The highest BCUT2D eigenvalue weighted by Gasteiger charge is 2.46. The van der Waals surface area contributed by atoms with E-state index in [2.05, 4.69) is 10.6 Å². The lowest BCUT2D eigenvalue weighted by molar-refractivity contribution is -0.224. The number of benzene rings is 2. The number of alkyl halides is 5. The molecule has 0 radical (unpaired) electrons. The highest BCUT2D eigenvalue weighted by atomic mass is 35.5. The topological polar surface area (TPSA) is 131 Å². The summed E-state index contributed by atoms with van der Waals surface area (Å²) in [4.78, 5) is 52.7. The van der Waals surface area contributed by atoms with Crippen molar-refractivity contribution < 1.29 is 55.7 Å². The van der Waals surface area contributed by atoms with E-state index < -0.39 is 89.6 Å². The highest BCUT2D eigenvalue weighted by Crippen LogP contribution is 2.37. The van der Waals surface area contributed by atoms with Crippen LogP contribution in [0.15, 0.2) is 42.5 Å². The third kappa shape index (κ3) is 13.5. The van der Waals surface area contributed by atoms with Crippen molar-refractivity contribution in [2.45, 2.75) is 96.6 Å². The molecule has 9 nitrogen and oxygen atoms in total. The quantitative estimate of drug-likeness (QED) is 0.102. The summed E-state index contributed by atoms with van der Waals surface area (Å²) < 4.78 is 81.8. The zero-order chi connectivity index (χ0) is 39.6. The smallest absolute Gasteiger partial charge is 0.414 e. The number of carbonyl (C=O) groups excluding carboxylic acids is 4. The van der Waals surface area contributed by atoms with E-state index in [1.807, 2.05) is 0 Å². The fourth-order valence-corrected chi connectivity index (χ4v) is 5.56. The zero-order valence-electron chi connectivity index (χ0n) is 29.7. The highest BCUT2D eigenvalue weighted by molar-refractivity contribution is 6.42. The summed E-state index contributed by atoms with van der Waals surface area (Å²) in [6.45, 7) is 7.91. The molecule has 0 aliphatic heterocycles. The van der Waals surface area contributed by atoms with E-state index in [9.17, 15) is 37.5 Å². The molecule has 3 N–H and O–H groups in total. The van der Waals surface area contributed by atoms with Crippen molar-refractivity contribution in [3.05, 3.63) is 63.6 Å². The number of carbonyl (C=O) groups is 4. The van der Waals surface area contributed by atoms with Crippen molar-refractivity contribution in [2.24, 2.45) is 17.8 Å². The van der Waals surface area contributed by atoms with Gasteiger partial charge in [0.15, 0.2) is 11.9 Å². The van der Waals surface area contributed by atoms with E-state index in [-0.39, 0.29) is 41.4 Å². The van der Waals surface area contributed by atoms with Gasteiger partial charge in [0.1, 0.15) is 17.4 Å². The number of methoxy groups -OCH3 is 1. The Bertz CT molecular complexity index is 1530. The van der Waals surface area contributed by atoms with Crippen LogP contribution in [0.1, 0.15) is 83.9 Å².